The largest absolute Gasteiger partial charge is 0.396 e. The van der Waals surface area contributed by atoms with Gasteiger partial charge in [0.2, 0.25) is 5.91 Å². The number of carbonyl (C=O) groups excluding carboxylic acids is 1. The van der Waals surface area contributed by atoms with Gasteiger partial charge in [-0.1, -0.05) is 12.8 Å². The first-order valence-corrected chi connectivity index (χ1v) is 7.84. The Morgan fingerprint density at radius 3 is 2.74 bits per heavy atom. The molecule has 3 unspecified atom stereocenters. The second kappa shape index (κ2) is 7.25. The zero-order valence-electron chi connectivity index (χ0n) is 11.9. The van der Waals surface area contributed by atoms with Crippen LogP contribution in [0, 0.1) is 17.8 Å². The summed E-state index contributed by atoms with van der Waals surface area (Å²) in [4.78, 5) is 14.6. The number of rotatable bonds is 4. The van der Waals surface area contributed by atoms with Crippen molar-refractivity contribution in [1.82, 2.24) is 4.90 Å². The standard InChI is InChI=1S/C15H28N2O2/c16-7-6-12-3-1-5-14(9-12)15(19)17-8-2-4-13(10-17)11-18/h12-14,18H,1-11,16H2. The minimum atomic E-state index is 0.211. The Balaban J connectivity index is 1.87. The smallest absolute Gasteiger partial charge is 0.225 e. The molecule has 19 heavy (non-hydrogen) atoms. The average Bonchev–Trinajstić information content (AvgIpc) is 2.47. The van der Waals surface area contributed by atoms with Crippen LogP contribution >= 0.6 is 0 Å². The number of aliphatic hydroxyl groups is 1. The summed E-state index contributed by atoms with van der Waals surface area (Å²) in [5.41, 5.74) is 5.64. The topological polar surface area (TPSA) is 66.6 Å². The number of aliphatic hydroxyl groups excluding tert-OH is 1. The van der Waals surface area contributed by atoms with Crippen molar-refractivity contribution < 1.29 is 9.90 Å². The number of nitrogens with zero attached hydrogens (tertiary/aromatic N) is 1. The Bertz CT molecular complexity index is 294. The second-order valence-corrected chi connectivity index (χ2v) is 6.28. The summed E-state index contributed by atoms with van der Waals surface area (Å²) < 4.78 is 0. The van der Waals surface area contributed by atoms with Gasteiger partial charge in [0.15, 0.2) is 0 Å². The summed E-state index contributed by atoms with van der Waals surface area (Å²) in [5, 5.41) is 9.26. The highest BCUT2D eigenvalue weighted by Gasteiger charge is 2.32. The summed E-state index contributed by atoms with van der Waals surface area (Å²) in [7, 11) is 0. The number of amides is 1. The van der Waals surface area contributed by atoms with E-state index in [0.717, 1.165) is 51.7 Å². The van der Waals surface area contributed by atoms with E-state index in [2.05, 4.69) is 0 Å². The normalized spacial score (nSPS) is 32.3. The molecule has 4 heteroatoms. The molecule has 110 valence electrons. The number of piperidine rings is 1. The van der Waals surface area contributed by atoms with Crippen molar-refractivity contribution in [3.8, 4) is 0 Å². The van der Waals surface area contributed by atoms with Crippen LogP contribution in [0.2, 0.25) is 0 Å². The number of nitrogens with two attached hydrogens (primary N) is 1. The summed E-state index contributed by atoms with van der Waals surface area (Å²) >= 11 is 0. The predicted octanol–water partition coefficient (Wildman–Crippen LogP) is 1.37. The fourth-order valence-electron chi connectivity index (χ4n) is 3.69. The number of hydrogen-bond donors (Lipinski definition) is 2. The Kier molecular flexibility index (Phi) is 5.64. The maximum Gasteiger partial charge on any atom is 0.225 e. The summed E-state index contributed by atoms with van der Waals surface area (Å²) in [6.45, 7) is 2.59. The van der Waals surface area contributed by atoms with Gasteiger partial charge in [0.1, 0.15) is 0 Å². The number of likely N-dealkylation sites (tertiary alicyclic amines) is 1. The Labute approximate surface area is 116 Å². The van der Waals surface area contributed by atoms with Gasteiger partial charge in [-0.15, -0.1) is 0 Å². The maximum atomic E-state index is 12.6. The fraction of sp³-hybridized carbons (Fsp3) is 0.933. The lowest BCUT2D eigenvalue weighted by atomic mass is 9.79. The molecule has 0 spiro atoms. The van der Waals surface area contributed by atoms with Crippen LogP contribution in [0.25, 0.3) is 0 Å². The monoisotopic (exact) mass is 268 g/mol. The molecule has 3 N–H and O–H groups in total. The van der Waals surface area contributed by atoms with Crippen LogP contribution in [0.15, 0.2) is 0 Å². The van der Waals surface area contributed by atoms with Crippen LogP contribution in [0.1, 0.15) is 44.9 Å². The van der Waals surface area contributed by atoms with E-state index in [1.807, 2.05) is 4.90 Å². The lowest BCUT2D eigenvalue weighted by Gasteiger charge is -2.36. The van der Waals surface area contributed by atoms with Crippen LogP contribution in [-0.4, -0.2) is 42.2 Å². The van der Waals surface area contributed by atoms with E-state index in [4.69, 9.17) is 5.73 Å². The molecule has 2 aliphatic rings. The molecule has 1 aliphatic heterocycles. The first-order chi connectivity index (χ1) is 9.24. The van der Waals surface area contributed by atoms with E-state index in [1.165, 1.54) is 12.8 Å². The van der Waals surface area contributed by atoms with Crippen molar-refractivity contribution in [2.45, 2.75) is 44.9 Å². The van der Waals surface area contributed by atoms with Crippen molar-refractivity contribution in [3.05, 3.63) is 0 Å². The molecule has 0 bridgehead atoms. The Hall–Kier alpha value is -0.610. The van der Waals surface area contributed by atoms with Crippen molar-refractivity contribution in [2.24, 2.45) is 23.5 Å². The average molecular weight is 268 g/mol. The molecule has 1 heterocycles. The van der Waals surface area contributed by atoms with Gasteiger partial charge < -0.3 is 15.7 Å². The molecule has 4 nitrogen and oxygen atoms in total. The first kappa shape index (κ1) is 14.8. The first-order valence-electron chi connectivity index (χ1n) is 7.84. The predicted molar refractivity (Wildman–Crippen MR) is 75.5 cm³/mol. The molecule has 0 aromatic carbocycles. The van der Waals surface area contributed by atoms with E-state index in [-0.39, 0.29) is 12.5 Å². The molecule has 1 saturated heterocycles. The molecule has 3 atom stereocenters. The van der Waals surface area contributed by atoms with Crippen molar-refractivity contribution in [1.29, 1.82) is 0 Å². The summed E-state index contributed by atoms with van der Waals surface area (Å²) in [6, 6.07) is 0. The SMILES string of the molecule is NCCC1CCCC(C(=O)N2CCCC(CO)C2)C1. The van der Waals surface area contributed by atoms with Crippen LogP contribution in [0.5, 0.6) is 0 Å². The van der Waals surface area contributed by atoms with Crippen LogP contribution in [0.4, 0.5) is 0 Å². The van der Waals surface area contributed by atoms with Crippen LogP contribution < -0.4 is 5.73 Å². The third kappa shape index (κ3) is 3.93. The second-order valence-electron chi connectivity index (χ2n) is 6.28. The van der Waals surface area contributed by atoms with E-state index in [9.17, 15) is 9.90 Å². The van der Waals surface area contributed by atoms with E-state index < -0.39 is 0 Å². The highest BCUT2D eigenvalue weighted by Crippen LogP contribution is 2.32. The van der Waals surface area contributed by atoms with Crippen molar-refractivity contribution in [2.75, 3.05) is 26.2 Å². The van der Waals surface area contributed by atoms with Crippen LogP contribution in [0.3, 0.4) is 0 Å². The lowest BCUT2D eigenvalue weighted by molar-refractivity contribution is -0.139. The van der Waals surface area contributed by atoms with Crippen molar-refractivity contribution in [3.63, 3.8) is 0 Å². The van der Waals surface area contributed by atoms with Gasteiger partial charge in [-0.05, 0) is 50.5 Å². The highest BCUT2D eigenvalue weighted by atomic mass is 16.3. The molecular formula is C15H28N2O2. The molecule has 0 radical (unpaired) electrons. The molecule has 0 aromatic rings. The third-order valence-corrected chi connectivity index (χ3v) is 4.80. The zero-order valence-corrected chi connectivity index (χ0v) is 11.9. The van der Waals surface area contributed by atoms with E-state index in [0.29, 0.717) is 17.7 Å². The van der Waals surface area contributed by atoms with Gasteiger partial charge in [0.05, 0.1) is 0 Å². The van der Waals surface area contributed by atoms with Crippen LogP contribution in [-0.2, 0) is 4.79 Å². The lowest BCUT2D eigenvalue weighted by Crippen LogP contribution is -2.44. The van der Waals surface area contributed by atoms with Gasteiger partial charge in [-0.3, -0.25) is 4.79 Å². The van der Waals surface area contributed by atoms with Gasteiger partial charge in [0, 0.05) is 25.6 Å². The molecule has 1 amide bonds. The van der Waals surface area contributed by atoms with E-state index in [1.54, 1.807) is 0 Å². The number of hydrogen-bond acceptors (Lipinski definition) is 3. The fourth-order valence-corrected chi connectivity index (χ4v) is 3.69. The van der Waals surface area contributed by atoms with Gasteiger partial charge in [-0.25, -0.2) is 0 Å². The molecule has 1 aliphatic carbocycles. The molecule has 2 rings (SSSR count). The van der Waals surface area contributed by atoms with Gasteiger partial charge in [-0.2, -0.15) is 0 Å². The highest BCUT2D eigenvalue weighted by molar-refractivity contribution is 5.79. The third-order valence-electron chi connectivity index (χ3n) is 4.80. The molecule has 1 saturated carbocycles. The minimum absolute atomic E-state index is 0.211. The maximum absolute atomic E-state index is 12.6. The summed E-state index contributed by atoms with van der Waals surface area (Å²) in [5.74, 6) is 1.48. The number of carbonyl (C=O) groups is 1. The van der Waals surface area contributed by atoms with E-state index >= 15 is 0 Å². The van der Waals surface area contributed by atoms with Gasteiger partial charge in [0.25, 0.3) is 0 Å². The van der Waals surface area contributed by atoms with Crippen molar-refractivity contribution >= 4 is 5.91 Å². The zero-order chi connectivity index (χ0) is 13.7. The summed E-state index contributed by atoms with van der Waals surface area (Å²) in [6.07, 6.45) is 7.62. The molecule has 0 aromatic heterocycles. The molecular weight excluding hydrogens is 240 g/mol. The Morgan fingerprint density at radius 2 is 2.00 bits per heavy atom. The van der Waals surface area contributed by atoms with Gasteiger partial charge >= 0.3 is 0 Å². The Morgan fingerprint density at radius 1 is 1.21 bits per heavy atom. The molecule has 2 fully saturated rings. The minimum Gasteiger partial charge on any atom is -0.396 e. The quantitative estimate of drug-likeness (QED) is 0.809.